The van der Waals surface area contributed by atoms with Crippen molar-refractivity contribution in [3.63, 3.8) is 0 Å². The molecule has 2 amide bonds. The van der Waals surface area contributed by atoms with Crippen LogP contribution in [-0.4, -0.2) is 49.2 Å². The lowest BCUT2D eigenvalue weighted by Crippen LogP contribution is -2.45. The first-order valence-electron chi connectivity index (χ1n) is 10.5. The molecule has 0 radical (unpaired) electrons. The number of aromatic nitrogens is 1. The van der Waals surface area contributed by atoms with E-state index in [0.29, 0.717) is 44.6 Å². The summed E-state index contributed by atoms with van der Waals surface area (Å²) in [5.41, 5.74) is 1.61. The Labute approximate surface area is 182 Å². The fourth-order valence-corrected chi connectivity index (χ4v) is 5.60. The summed E-state index contributed by atoms with van der Waals surface area (Å²) in [6.45, 7) is 1.58. The first-order valence-corrected chi connectivity index (χ1v) is 12.0. The van der Waals surface area contributed by atoms with Crippen LogP contribution in [0.25, 0.3) is 0 Å². The van der Waals surface area contributed by atoms with Crippen LogP contribution in [0.3, 0.4) is 0 Å². The number of amides is 2. The molecule has 0 spiro atoms. The van der Waals surface area contributed by atoms with Crippen molar-refractivity contribution >= 4 is 27.5 Å². The highest BCUT2D eigenvalue weighted by atomic mass is 32.2. The molecule has 4 rings (SSSR count). The molecule has 0 aliphatic carbocycles. The maximum absolute atomic E-state index is 13.1. The highest BCUT2D eigenvalue weighted by molar-refractivity contribution is 7.89. The summed E-state index contributed by atoms with van der Waals surface area (Å²) in [4.78, 5) is 30.4. The van der Waals surface area contributed by atoms with Gasteiger partial charge < -0.3 is 10.2 Å². The summed E-state index contributed by atoms with van der Waals surface area (Å²) in [7, 11) is -3.71. The van der Waals surface area contributed by atoms with Crippen LogP contribution in [-0.2, 0) is 26.2 Å². The summed E-state index contributed by atoms with van der Waals surface area (Å²) in [5.74, 6) is -0.472. The molecule has 0 saturated carbocycles. The molecule has 3 heterocycles. The first kappa shape index (κ1) is 21.5. The zero-order chi connectivity index (χ0) is 21.8. The van der Waals surface area contributed by atoms with Crippen molar-refractivity contribution in [1.29, 1.82) is 0 Å². The van der Waals surface area contributed by atoms with Crippen LogP contribution in [0.5, 0.6) is 0 Å². The summed E-state index contributed by atoms with van der Waals surface area (Å²) in [5, 5.41) is 2.89. The minimum Gasteiger partial charge on any atom is -0.352 e. The Balaban J connectivity index is 1.40. The van der Waals surface area contributed by atoms with E-state index in [0.717, 1.165) is 12.0 Å². The van der Waals surface area contributed by atoms with E-state index in [2.05, 4.69) is 10.3 Å². The first-order chi connectivity index (χ1) is 14.9. The third kappa shape index (κ3) is 4.77. The van der Waals surface area contributed by atoms with E-state index in [-0.39, 0.29) is 29.2 Å². The highest BCUT2D eigenvalue weighted by Crippen LogP contribution is 2.27. The normalized spacial score (nSPS) is 20.1. The van der Waals surface area contributed by atoms with E-state index in [1.54, 1.807) is 47.6 Å². The standard InChI is InChI=1S/C22H26N4O4S/c27-21-6-3-13-26(21)19-7-9-20(10-8-19)31(29,30)25-12-2-5-18(16-25)22(28)24-15-17-4-1-11-23-14-17/h1,4,7-11,14,18H,2-3,5-6,12-13,15-16H2,(H,24,28)/t18-/m1/s1. The van der Waals surface area contributed by atoms with Gasteiger partial charge in [0.1, 0.15) is 0 Å². The molecule has 0 unspecified atom stereocenters. The van der Waals surface area contributed by atoms with E-state index in [1.165, 1.54) is 4.31 Å². The Morgan fingerprint density at radius 2 is 1.94 bits per heavy atom. The largest absolute Gasteiger partial charge is 0.352 e. The summed E-state index contributed by atoms with van der Waals surface area (Å²) in [6, 6.07) is 10.1. The summed E-state index contributed by atoms with van der Waals surface area (Å²) >= 11 is 0. The van der Waals surface area contributed by atoms with Gasteiger partial charge in [-0.25, -0.2) is 8.42 Å². The van der Waals surface area contributed by atoms with Crippen LogP contribution in [0.15, 0.2) is 53.7 Å². The number of hydrogen-bond donors (Lipinski definition) is 1. The van der Waals surface area contributed by atoms with Crippen molar-refractivity contribution in [2.24, 2.45) is 5.92 Å². The lowest BCUT2D eigenvalue weighted by molar-refractivity contribution is -0.126. The third-order valence-corrected chi connectivity index (χ3v) is 7.68. The maximum atomic E-state index is 13.1. The number of piperidine rings is 1. The van der Waals surface area contributed by atoms with E-state index in [1.807, 2.05) is 6.07 Å². The van der Waals surface area contributed by atoms with Crippen LogP contribution in [0.4, 0.5) is 5.69 Å². The van der Waals surface area contributed by atoms with Crippen molar-refractivity contribution in [2.75, 3.05) is 24.5 Å². The van der Waals surface area contributed by atoms with Gasteiger partial charge in [0.05, 0.1) is 10.8 Å². The van der Waals surface area contributed by atoms with Gasteiger partial charge >= 0.3 is 0 Å². The SMILES string of the molecule is O=C(NCc1cccnc1)[C@@H]1CCCN(S(=O)(=O)c2ccc(N3CCCC3=O)cc2)C1. The molecule has 2 saturated heterocycles. The molecule has 1 aromatic heterocycles. The van der Waals surface area contributed by atoms with Crippen LogP contribution >= 0.6 is 0 Å². The van der Waals surface area contributed by atoms with Gasteiger partial charge in [-0.15, -0.1) is 0 Å². The van der Waals surface area contributed by atoms with Crippen molar-refractivity contribution in [3.8, 4) is 0 Å². The topological polar surface area (TPSA) is 99.7 Å². The zero-order valence-electron chi connectivity index (χ0n) is 17.2. The van der Waals surface area contributed by atoms with Gasteiger partial charge in [-0.2, -0.15) is 4.31 Å². The number of carbonyl (C=O) groups is 2. The molecule has 2 aromatic rings. The second-order valence-corrected chi connectivity index (χ2v) is 9.86. The van der Waals surface area contributed by atoms with Gasteiger partial charge in [0.25, 0.3) is 0 Å². The third-order valence-electron chi connectivity index (χ3n) is 5.80. The molecular weight excluding hydrogens is 416 g/mol. The number of anilines is 1. The molecule has 31 heavy (non-hydrogen) atoms. The molecule has 1 atom stereocenters. The predicted octanol–water partition coefficient (Wildman–Crippen LogP) is 1.93. The molecule has 0 bridgehead atoms. The molecule has 164 valence electrons. The number of carbonyl (C=O) groups excluding carboxylic acids is 2. The number of sulfonamides is 1. The lowest BCUT2D eigenvalue weighted by atomic mass is 9.99. The van der Waals surface area contributed by atoms with Gasteiger partial charge in [0, 0.05) is 50.7 Å². The second kappa shape index (κ2) is 9.15. The fraction of sp³-hybridized carbons (Fsp3) is 0.409. The zero-order valence-corrected chi connectivity index (χ0v) is 18.1. The Morgan fingerprint density at radius 3 is 2.61 bits per heavy atom. The molecule has 9 heteroatoms. The van der Waals surface area contributed by atoms with Crippen LogP contribution in [0.1, 0.15) is 31.2 Å². The number of hydrogen-bond acceptors (Lipinski definition) is 5. The highest BCUT2D eigenvalue weighted by Gasteiger charge is 2.33. The average Bonchev–Trinajstić information content (AvgIpc) is 3.24. The van der Waals surface area contributed by atoms with Crippen molar-refractivity contribution in [3.05, 3.63) is 54.4 Å². The molecule has 2 aliphatic heterocycles. The van der Waals surface area contributed by atoms with E-state index in [9.17, 15) is 18.0 Å². The predicted molar refractivity (Wildman–Crippen MR) is 116 cm³/mol. The second-order valence-electron chi connectivity index (χ2n) is 7.92. The number of nitrogens with zero attached hydrogens (tertiary/aromatic N) is 3. The Bertz CT molecular complexity index is 1040. The number of pyridine rings is 1. The van der Waals surface area contributed by atoms with E-state index >= 15 is 0 Å². The van der Waals surface area contributed by atoms with Gasteiger partial charge in [0.15, 0.2) is 0 Å². The Morgan fingerprint density at radius 1 is 1.13 bits per heavy atom. The Kier molecular flexibility index (Phi) is 6.33. The summed E-state index contributed by atoms with van der Waals surface area (Å²) < 4.78 is 27.7. The number of rotatable bonds is 6. The van der Waals surface area contributed by atoms with Gasteiger partial charge in [-0.1, -0.05) is 6.07 Å². The quantitative estimate of drug-likeness (QED) is 0.737. The van der Waals surface area contributed by atoms with Gasteiger partial charge in [-0.3, -0.25) is 14.6 Å². The lowest BCUT2D eigenvalue weighted by Gasteiger charge is -2.31. The molecule has 2 aliphatic rings. The van der Waals surface area contributed by atoms with Gasteiger partial charge in [-0.05, 0) is 55.2 Å². The van der Waals surface area contributed by atoms with Crippen molar-refractivity contribution in [1.82, 2.24) is 14.6 Å². The molecule has 1 N–H and O–H groups in total. The number of nitrogens with one attached hydrogen (secondary N) is 1. The van der Waals surface area contributed by atoms with Crippen LogP contribution in [0.2, 0.25) is 0 Å². The molecule has 8 nitrogen and oxygen atoms in total. The molecule has 2 fully saturated rings. The van der Waals surface area contributed by atoms with Crippen molar-refractivity contribution in [2.45, 2.75) is 37.1 Å². The van der Waals surface area contributed by atoms with E-state index in [4.69, 9.17) is 0 Å². The minimum absolute atomic E-state index is 0.0618. The van der Waals surface area contributed by atoms with Crippen LogP contribution < -0.4 is 10.2 Å². The maximum Gasteiger partial charge on any atom is 0.243 e. The summed E-state index contributed by atoms with van der Waals surface area (Å²) in [6.07, 6.45) is 5.99. The van der Waals surface area contributed by atoms with Crippen LogP contribution in [0, 0.1) is 5.92 Å². The van der Waals surface area contributed by atoms with E-state index < -0.39 is 10.0 Å². The monoisotopic (exact) mass is 442 g/mol. The molecule has 1 aromatic carbocycles. The smallest absolute Gasteiger partial charge is 0.243 e. The van der Waals surface area contributed by atoms with Gasteiger partial charge in [0.2, 0.25) is 21.8 Å². The van der Waals surface area contributed by atoms with Crippen molar-refractivity contribution < 1.29 is 18.0 Å². The fourth-order valence-electron chi connectivity index (χ4n) is 4.08. The Hall–Kier alpha value is -2.78. The average molecular weight is 443 g/mol. The molecular formula is C22H26N4O4S. The minimum atomic E-state index is -3.71. The number of benzene rings is 1.